The smallest absolute Gasteiger partial charge is 0.243 e. The van der Waals surface area contributed by atoms with Gasteiger partial charge in [-0.05, 0) is 49.5 Å². The van der Waals surface area contributed by atoms with E-state index < -0.39 is 20.0 Å². The molecule has 0 aliphatic heterocycles. The highest BCUT2D eigenvalue weighted by molar-refractivity contribution is 7.89. The summed E-state index contributed by atoms with van der Waals surface area (Å²) in [6, 6.07) is 13.0. The van der Waals surface area contributed by atoms with E-state index in [4.69, 9.17) is 0 Å². The fraction of sp³-hybridized carbons (Fsp3) is 0.400. The van der Waals surface area contributed by atoms with E-state index in [-0.39, 0.29) is 16.3 Å². The van der Waals surface area contributed by atoms with Crippen molar-refractivity contribution in [2.45, 2.75) is 36.7 Å². The van der Waals surface area contributed by atoms with Crippen molar-refractivity contribution < 1.29 is 16.8 Å². The minimum Gasteiger partial charge on any atom is -0.305 e. The minimum absolute atomic E-state index is 0.0288. The van der Waals surface area contributed by atoms with Crippen LogP contribution >= 0.6 is 0 Å². The molecule has 0 heterocycles. The lowest BCUT2D eigenvalue weighted by atomic mass is 10.1. The second-order valence-electron chi connectivity index (χ2n) is 6.89. The van der Waals surface area contributed by atoms with Crippen LogP contribution in [0.4, 0.5) is 0 Å². The average molecular weight is 440 g/mol. The van der Waals surface area contributed by atoms with Crippen molar-refractivity contribution in [3.63, 3.8) is 0 Å². The molecular weight excluding hydrogens is 410 g/mol. The summed E-state index contributed by atoms with van der Waals surface area (Å²) in [5.41, 5.74) is 1.94. The van der Waals surface area contributed by atoms with E-state index in [1.165, 1.54) is 28.6 Å². The number of benzene rings is 2. The predicted molar refractivity (Wildman–Crippen MR) is 114 cm³/mol. The number of sulfonamides is 2. The van der Waals surface area contributed by atoms with Crippen LogP contribution in [0.3, 0.4) is 0 Å². The van der Waals surface area contributed by atoms with Gasteiger partial charge in [0.05, 0.1) is 9.79 Å². The van der Waals surface area contributed by atoms with Gasteiger partial charge in [0.2, 0.25) is 20.0 Å². The van der Waals surface area contributed by atoms with E-state index in [9.17, 15) is 16.8 Å². The molecule has 0 spiro atoms. The molecule has 9 heteroatoms. The third kappa shape index (κ3) is 5.86. The molecule has 160 valence electrons. The molecule has 29 heavy (non-hydrogen) atoms. The number of hydrogen-bond donors (Lipinski definition) is 1. The average Bonchev–Trinajstić information content (AvgIpc) is 2.68. The molecule has 0 bridgehead atoms. The van der Waals surface area contributed by atoms with Gasteiger partial charge in [-0.3, -0.25) is 0 Å². The first-order valence-corrected chi connectivity index (χ1v) is 12.4. The summed E-state index contributed by atoms with van der Waals surface area (Å²) in [6.07, 6.45) is 0. The molecule has 0 atom stereocenters. The minimum atomic E-state index is -3.77. The maximum atomic E-state index is 12.7. The SMILES string of the molecule is CCN(CC)S(=O)(=O)c1ccc(S(=O)(=O)NCc2ccccc2CN(C)C)cc1. The molecule has 0 aliphatic rings. The number of hydrogen-bond acceptors (Lipinski definition) is 5. The normalized spacial score (nSPS) is 12.6. The van der Waals surface area contributed by atoms with Crippen molar-refractivity contribution in [3.8, 4) is 0 Å². The monoisotopic (exact) mass is 439 g/mol. The summed E-state index contributed by atoms with van der Waals surface area (Å²) in [5.74, 6) is 0. The highest BCUT2D eigenvalue weighted by Crippen LogP contribution is 2.19. The Bertz CT molecular complexity index is 1010. The van der Waals surface area contributed by atoms with Crippen LogP contribution < -0.4 is 4.72 Å². The van der Waals surface area contributed by atoms with Gasteiger partial charge < -0.3 is 4.90 Å². The maximum Gasteiger partial charge on any atom is 0.243 e. The molecule has 0 saturated heterocycles. The highest BCUT2D eigenvalue weighted by atomic mass is 32.2. The summed E-state index contributed by atoms with van der Waals surface area (Å²) in [4.78, 5) is 2.13. The summed E-state index contributed by atoms with van der Waals surface area (Å²) >= 11 is 0. The summed E-state index contributed by atoms with van der Waals surface area (Å²) in [7, 11) is -3.49. The first-order chi connectivity index (χ1) is 13.6. The Morgan fingerprint density at radius 2 is 1.31 bits per heavy atom. The fourth-order valence-electron chi connectivity index (χ4n) is 2.98. The molecule has 2 rings (SSSR count). The van der Waals surface area contributed by atoms with Gasteiger partial charge in [-0.25, -0.2) is 21.6 Å². The third-order valence-corrected chi connectivity index (χ3v) is 8.02. The van der Waals surface area contributed by atoms with Gasteiger partial charge in [-0.2, -0.15) is 4.31 Å². The van der Waals surface area contributed by atoms with Gasteiger partial charge in [0.25, 0.3) is 0 Å². The predicted octanol–water partition coefficient (Wildman–Crippen LogP) is 2.26. The van der Waals surface area contributed by atoms with E-state index >= 15 is 0 Å². The summed E-state index contributed by atoms with van der Waals surface area (Å²) in [5, 5.41) is 0. The first kappa shape index (κ1) is 23.5. The van der Waals surface area contributed by atoms with E-state index in [0.29, 0.717) is 19.6 Å². The molecule has 0 unspecified atom stereocenters. The van der Waals surface area contributed by atoms with Crippen LogP contribution in [0.1, 0.15) is 25.0 Å². The molecule has 0 saturated carbocycles. The number of nitrogens with zero attached hydrogens (tertiary/aromatic N) is 2. The van der Waals surface area contributed by atoms with Crippen molar-refractivity contribution >= 4 is 20.0 Å². The Labute approximate surface area is 174 Å². The van der Waals surface area contributed by atoms with Crippen LogP contribution in [0.15, 0.2) is 58.3 Å². The van der Waals surface area contributed by atoms with Gasteiger partial charge in [0.1, 0.15) is 0 Å². The molecular formula is C20H29N3O4S2. The van der Waals surface area contributed by atoms with Crippen LogP contribution in [0.25, 0.3) is 0 Å². The van der Waals surface area contributed by atoms with Crippen molar-refractivity contribution in [1.29, 1.82) is 0 Å². The highest BCUT2D eigenvalue weighted by Gasteiger charge is 2.22. The fourth-order valence-corrected chi connectivity index (χ4v) is 5.45. The summed E-state index contributed by atoms with van der Waals surface area (Å²) < 4.78 is 54.4. The van der Waals surface area contributed by atoms with E-state index in [0.717, 1.165) is 11.1 Å². The molecule has 0 aromatic heterocycles. The Hall–Kier alpha value is -1.78. The van der Waals surface area contributed by atoms with Crippen LogP contribution in [0.2, 0.25) is 0 Å². The van der Waals surface area contributed by atoms with E-state index in [1.54, 1.807) is 13.8 Å². The second-order valence-corrected chi connectivity index (χ2v) is 10.6. The molecule has 0 amide bonds. The molecule has 0 radical (unpaired) electrons. The zero-order valence-corrected chi connectivity index (χ0v) is 18.9. The standard InChI is InChI=1S/C20H29N3O4S2/c1-5-23(6-2)29(26,27)20-13-11-19(12-14-20)28(24,25)21-15-17-9-7-8-10-18(17)16-22(3)4/h7-14,21H,5-6,15-16H2,1-4H3. The largest absolute Gasteiger partial charge is 0.305 e. The lowest BCUT2D eigenvalue weighted by molar-refractivity contribution is 0.400. The van der Waals surface area contributed by atoms with Crippen molar-refractivity contribution in [2.75, 3.05) is 27.2 Å². The van der Waals surface area contributed by atoms with Crippen LogP contribution in [0, 0.1) is 0 Å². The van der Waals surface area contributed by atoms with Gasteiger partial charge in [0, 0.05) is 26.2 Å². The van der Waals surface area contributed by atoms with Crippen molar-refractivity contribution in [1.82, 2.24) is 13.9 Å². The zero-order chi connectivity index (χ0) is 21.7. The summed E-state index contributed by atoms with van der Waals surface area (Å²) in [6.45, 7) is 5.09. The van der Waals surface area contributed by atoms with E-state index in [2.05, 4.69) is 4.72 Å². The third-order valence-electron chi connectivity index (χ3n) is 4.53. The Morgan fingerprint density at radius 1 is 0.793 bits per heavy atom. The molecule has 0 fully saturated rings. The Balaban J connectivity index is 2.19. The number of rotatable bonds is 10. The number of nitrogens with one attached hydrogen (secondary N) is 1. The van der Waals surface area contributed by atoms with Gasteiger partial charge in [-0.15, -0.1) is 0 Å². The van der Waals surface area contributed by atoms with E-state index in [1.807, 2.05) is 43.3 Å². The lowest BCUT2D eigenvalue weighted by Crippen LogP contribution is -2.30. The lowest BCUT2D eigenvalue weighted by Gasteiger charge is -2.18. The molecule has 2 aromatic carbocycles. The Morgan fingerprint density at radius 3 is 1.83 bits per heavy atom. The molecule has 1 N–H and O–H groups in total. The maximum absolute atomic E-state index is 12.7. The quantitative estimate of drug-likeness (QED) is 0.614. The molecule has 7 nitrogen and oxygen atoms in total. The first-order valence-electron chi connectivity index (χ1n) is 9.43. The van der Waals surface area contributed by atoms with Gasteiger partial charge >= 0.3 is 0 Å². The van der Waals surface area contributed by atoms with Crippen LogP contribution in [-0.4, -0.2) is 53.2 Å². The van der Waals surface area contributed by atoms with Crippen molar-refractivity contribution in [3.05, 3.63) is 59.7 Å². The van der Waals surface area contributed by atoms with Gasteiger partial charge in [0.15, 0.2) is 0 Å². The topological polar surface area (TPSA) is 86.8 Å². The zero-order valence-electron chi connectivity index (χ0n) is 17.3. The Kier molecular flexibility index (Phi) is 7.95. The van der Waals surface area contributed by atoms with Crippen LogP contribution in [-0.2, 0) is 33.1 Å². The van der Waals surface area contributed by atoms with Crippen LogP contribution in [0.5, 0.6) is 0 Å². The second kappa shape index (κ2) is 9.82. The van der Waals surface area contributed by atoms with Gasteiger partial charge in [-0.1, -0.05) is 38.1 Å². The molecule has 2 aromatic rings. The molecule has 0 aliphatic carbocycles. The van der Waals surface area contributed by atoms with Crippen molar-refractivity contribution in [2.24, 2.45) is 0 Å².